The Labute approximate surface area is 130 Å². The van der Waals surface area contributed by atoms with Crippen molar-refractivity contribution in [3.63, 3.8) is 0 Å². The summed E-state index contributed by atoms with van der Waals surface area (Å²) in [7, 11) is 1.62. The van der Waals surface area contributed by atoms with Crippen molar-refractivity contribution in [1.29, 1.82) is 0 Å². The second kappa shape index (κ2) is 7.56. The van der Waals surface area contributed by atoms with Gasteiger partial charge >= 0.3 is 0 Å². The minimum atomic E-state index is -0.911. The molecule has 1 amide bonds. The monoisotopic (exact) mass is 310 g/mol. The fourth-order valence-corrected chi connectivity index (χ4v) is 2.57. The normalized spacial score (nSPS) is 22.9. The number of ether oxygens (including phenoxy) is 1. The van der Waals surface area contributed by atoms with Crippen molar-refractivity contribution >= 4 is 5.91 Å². The molecule has 1 heterocycles. The molecule has 0 aliphatic carbocycles. The van der Waals surface area contributed by atoms with E-state index in [9.17, 15) is 14.3 Å². The molecule has 1 aromatic rings. The summed E-state index contributed by atoms with van der Waals surface area (Å²) in [5.41, 5.74) is -0.911. The first kappa shape index (κ1) is 16.7. The van der Waals surface area contributed by atoms with Crippen LogP contribution in [0.2, 0.25) is 0 Å². The molecule has 22 heavy (non-hydrogen) atoms. The van der Waals surface area contributed by atoms with E-state index in [2.05, 4.69) is 5.32 Å². The van der Waals surface area contributed by atoms with Gasteiger partial charge in [0.05, 0.1) is 12.1 Å². The van der Waals surface area contributed by atoms with E-state index in [0.29, 0.717) is 31.7 Å². The van der Waals surface area contributed by atoms with Crippen molar-refractivity contribution < 1.29 is 19.0 Å². The van der Waals surface area contributed by atoms with E-state index in [1.54, 1.807) is 19.2 Å². The lowest BCUT2D eigenvalue weighted by Crippen LogP contribution is -2.39. The minimum Gasteiger partial charge on any atom is -0.491 e. The van der Waals surface area contributed by atoms with Crippen LogP contribution in [-0.2, 0) is 4.79 Å². The first-order valence-corrected chi connectivity index (χ1v) is 7.54. The maximum atomic E-state index is 12.8. The second-order valence-electron chi connectivity index (χ2n) is 5.77. The predicted molar refractivity (Wildman–Crippen MR) is 81.2 cm³/mol. The molecular weight excluding hydrogens is 287 g/mol. The van der Waals surface area contributed by atoms with Crippen LogP contribution in [0.25, 0.3) is 0 Å². The van der Waals surface area contributed by atoms with Crippen LogP contribution in [0.1, 0.15) is 19.3 Å². The molecule has 0 aromatic heterocycles. The fraction of sp³-hybridized carbons (Fsp3) is 0.562. The molecule has 2 N–H and O–H groups in total. The molecule has 2 rings (SSSR count). The minimum absolute atomic E-state index is 0.0204. The molecule has 1 aliphatic heterocycles. The SMILES string of the molecule is CNC(=O)CN1CCCC(O)(COc2ccc(F)cc2)CC1. The standard InChI is InChI=1S/C16H23FN2O3/c1-18-15(20)11-19-9-2-7-16(21,8-10-19)12-22-14-5-3-13(17)4-6-14/h3-6,21H,2,7-12H2,1H3,(H,18,20). The number of halogens is 1. The van der Waals surface area contributed by atoms with E-state index in [-0.39, 0.29) is 18.3 Å². The van der Waals surface area contributed by atoms with Gasteiger partial charge in [0.25, 0.3) is 0 Å². The second-order valence-corrected chi connectivity index (χ2v) is 5.77. The van der Waals surface area contributed by atoms with Crippen LogP contribution in [0.4, 0.5) is 4.39 Å². The number of hydrogen-bond donors (Lipinski definition) is 2. The third kappa shape index (κ3) is 4.96. The quantitative estimate of drug-likeness (QED) is 0.857. The average Bonchev–Trinajstić information content (AvgIpc) is 2.69. The van der Waals surface area contributed by atoms with Gasteiger partial charge in [-0.2, -0.15) is 0 Å². The van der Waals surface area contributed by atoms with Gasteiger partial charge in [0.2, 0.25) is 5.91 Å². The Bertz CT molecular complexity index is 495. The summed E-state index contributed by atoms with van der Waals surface area (Å²) in [6.07, 6.45) is 1.98. The lowest BCUT2D eigenvalue weighted by Gasteiger charge is -2.26. The number of nitrogens with zero attached hydrogens (tertiary/aromatic N) is 1. The van der Waals surface area contributed by atoms with Crippen molar-refractivity contribution in [3.05, 3.63) is 30.1 Å². The van der Waals surface area contributed by atoms with E-state index >= 15 is 0 Å². The van der Waals surface area contributed by atoms with Crippen LogP contribution in [0.15, 0.2) is 24.3 Å². The number of carbonyl (C=O) groups excluding carboxylic acids is 1. The lowest BCUT2D eigenvalue weighted by molar-refractivity contribution is -0.121. The molecule has 0 bridgehead atoms. The third-order valence-corrected chi connectivity index (χ3v) is 3.98. The summed E-state index contributed by atoms with van der Waals surface area (Å²) < 4.78 is 18.4. The lowest BCUT2D eigenvalue weighted by atomic mass is 9.96. The Morgan fingerprint density at radius 3 is 2.77 bits per heavy atom. The van der Waals surface area contributed by atoms with Gasteiger partial charge in [0.1, 0.15) is 18.2 Å². The molecule has 0 radical (unpaired) electrons. The highest BCUT2D eigenvalue weighted by molar-refractivity contribution is 5.77. The molecule has 122 valence electrons. The summed E-state index contributed by atoms with van der Waals surface area (Å²) in [6.45, 7) is 1.96. The molecular formula is C16H23FN2O3. The molecule has 0 spiro atoms. The first-order valence-electron chi connectivity index (χ1n) is 7.54. The number of hydrogen-bond acceptors (Lipinski definition) is 4. The van der Waals surface area contributed by atoms with Gasteiger partial charge in [0.15, 0.2) is 0 Å². The van der Waals surface area contributed by atoms with Crippen LogP contribution < -0.4 is 10.1 Å². The summed E-state index contributed by atoms with van der Waals surface area (Å²) in [6, 6.07) is 5.76. The van der Waals surface area contributed by atoms with Crippen LogP contribution in [-0.4, -0.2) is 54.8 Å². The van der Waals surface area contributed by atoms with E-state index in [4.69, 9.17) is 4.74 Å². The Kier molecular flexibility index (Phi) is 5.74. The summed E-state index contributed by atoms with van der Waals surface area (Å²) in [4.78, 5) is 13.5. The van der Waals surface area contributed by atoms with Crippen LogP contribution in [0, 0.1) is 5.82 Å². The van der Waals surface area contributed by atoms with Crippen molar-refractivity contribution in [2.24, 2.45) is 0 Å². The maximum Gasteiger partial charge on any atom is 0.233 e. The Morgan fingerprint density at radius 2 is 2.09 bits per heavy atom. The molecule has 0 saturated carbocycles. The number of benzene rings is 1. The number of aliphatic hydroxyl groups is 1. The number of rotatable bonds is 5. The van der Waals surface area contributed by atoms with Crippen LogP contribution in [0.5, 0.6) is 5.75 Å². The molecule has 1 atom stereocenters. The molecule has 1 aliphatic rings. The van der Waals surface area contributed by atoms with Crippen molar-refractivity contribution in [3.8, 4) is 5.75 Å². The Morgan fingerprint density at radius 1 is 1.36 bits per heavy atom. The van der Waals surface area contributed by atoms with Crippen LogP contribution >= 0.6 is 0 Å². The highest BCUT2D eigenvalue weighted by Gasteiger charge is 2.31. The van der Waals surface area contributed by atoms with Gasteiger partial charge in [-0.05, 0) is 50.1 Å². The summed E-state index contributed by atoms with van der Waals surface area (Å²) >= 11 is 0. The molecule has 1 saturated heterocycles. The highest BCUT2D eigenvalue weighted by atomic mass is 19.1. The summed E-state index contributed by atoms with van der Waals surface area (Å²) in [5, 5.41) is 13.3. The molecule has 6 heteroatoms. The van der Waals surface area contributed by atoms with Gasteiger partial charge in [-0.15, -0.1) is 0 Å². The van der Waals surface area contributed by atoms with Gasteiger partial charge < -0.3 is 15.2 Å². The van der Waals surface area contributed by atoms with E-state index in [1.165, 1.54) is 12.1 Å². The Balaban J connectivity index is 1.85. The Hall–Kier alpha value is -1.66. The zero-order valence-corrected chi connectivity index (χ0v) is 12.8. The van der Waals surface area contributed by atoms with Crippen molar-refractivity contribution in [2.45, 2.75) is 24.9 Å². The first-order chi connectivity index (χ1) is 10.5. The predicted octanol–water partition coefficient (Wildman–Crippen LogP) is 1.17. The van der Waals surface area contributed by atoms with Crippen LogP contribution in [0.3, 0.4) is 0 Å². The smallest absolute Gasteiger partial charge is 0.233 e. The van der Waals surface area contributed by atoms with Crippen molar-refractivity contribution in [2.75, 3.05) is 33.3 Å². The van der Waals surface area contributed by atoms with Gasteiger partial charge in [-0.1, -0.05) is 0 Å². The van der Waals surface area contributed by atoms with Gasteiger partial charge in [0, 0.05) is 13.6 Å². The number of nitrogens with one attached hydrogen (secondary N) is 1. The number of amides is 1. The molecule has 1 aromatic carbocycles. The average molecular weight is 310 g/mol. The van der Waals surface area contributed by atoms with Crippen molar-refractivity contribution in [1.82, 2.24) is 10.2 Å². The maximum absolute atomic E-state index is 12.8. The molecule has 1 fully saturated rings. The van der Waals surface area contributed by atoms with E-state index in [0.717, 1.165) is 13.0 Å². The topological polar surface area (TPSA) is 61.8 Å². The van der Waals surface area contributed by atoms with Gasteiger partial charge in [-0.3, -0.25) is 9.69 Å². The largest absolute Gasteiger partial charge is 0.491 e. The zero-order chi connectivity index (χ0) is 16.0. The summed E-state index contributed by atoms with van der Waals surface area (Å²) in [5.74, 6) is 0.208. The third-order valence-electron chi connectivity index (χ3n) is 3.98. The number of carbonyl (C=O) groups is 1. The van der Waals surface area contributed by atoms with Gasteiger partial charge in [-0.25, -0.2) is 4.39 Å². The molecule has 1 unspecified atom stereocenters. The highest BCUT2D eigenvalue weighted by Crippen LogP contribution is 2.24. The van der Waals surface area contributed by atoms with E-state index < -0.39 is 5.60 Å². The molecule has 5 nitrogen and oxygen atoms in total. The number of likely N-dealkylation sites (tertiary alicyclic amines) is 1. The number of likely N-dealkylation sites (N-methyl/N-ethyl adjacent to an activating group) is 1. The van der Waals surface area contributed by atoms with E-state index in [1.807, 2.05) is 4.90 Å². The zero-order valence-electron chi connectivity index (χ0n) is 12.8. The fourth-order valence-electron chi connectivity index (χ4n) is 2.57.